The van der Waals surface area contributed by atoms with E-state index in [0.29, 0.717) is 13.1 Å². The first-order valence-corrected chi connectivity index (χ1v) is 8.14. The van der Waals surface area contributed by atoms with Gasteiger partial charge in [0.1, 0.15) is 0 Å². The van der Waals surface area contributed by atoms with Gasteiger partial charge in [0.05, 0.1) is 5.41 Å². The van der Waals surface area contributed by atoms with E-state index in [-0.39, 0.29) is 11.3 Å². The first kappa shape index (κ1) is 16.3. The minimum Gasteiger partial charge on any atom is -0.355 e. The zero-order valence-corrected chi connectivity index (χ0v) is 13.7. The zero-order chi connectivity index (χ0) is 15.5. The molecule has 1 aliphatic rings. The summed E-state index contributed by atoms with van der Waals surface area (Å²) in [6, 6.07) is 7.96. The lowest BCUT2D eigenvalue weighted by molar-refractivity contribution is -0.131. The maximum Gasteiger partial charge on any atom is 0.227 e. The summed E-state index contributed by atoms with van der Waals surface area (Å²) in [5.41, 5.74) is 6.71. The van der Waals surface area contributed by atoms with Crippen molar-refractivity contribution in [1.82, 2.24) is 5.32 Å². The van der Waals surface area contributed by atoms with Gasteiger partial charge in [0, 0.05) is 23.5 Å². The van der Waals surface area contributed by atoms with E-state index in [4.69, 9.17) is 17.3 Å². The van der Waals surface area contributed by atoms with Crippen LogP contribution in [0, 0.1) is 5.41 Å². The summed E-state index contributed by atoms with van der Waals surface area (Å²) in [6.07, 6.45) is 3.75. The average molecular weight is 309 g/mol. The van der Waals surface area contributed by atoms with Crippen molar-refractivity contribution in [2.24, 2.45) is 11.1 Å². The molecule has 4 heteroatoms. The number of hydrogen-bond donors (Lipinski definition) is 2. The third-order valence-corrected chi connectivity index (χ3v) is 5.34. The Kier molecular flexibility index (Phi) is 4.95. The zero-order valence-electron chi connectivity index (χ0n) is 12.9. The molecule has 1 fully saturated rings. The first-order valence-electron chi connectivity index (χ1n) is 7.76. The fraction of sp³-hybridized carbons (Fsp3) is 0.588. The molecule has 0 aromatic heterocycles. The third-order valence-electron chi connectivity index (χ3n) is 5.10. The number of benzene rings is 1. The summed E-state index contributed by atoms with van der Waals surface area (Å²) < 4.78 is 0. The van der Waals surface area contributed by atoms with Crippen molar-refractivity contribution >= 4 is 17.5 Å². The summed E-state index contributed by atoms with van der Waals surface area (Å²) in [4.78, 5) is 12.5. The number of carbonyl (C=O) groups excluding carboxylic acids is 1. The second-order valence-electron chi connectivity index (χ2n) is 6.16. The fourth-order valence-electron chi connectivity index (χ4n) is 2.93. The molecule has 21 heavy (non-hydrogen) atoms. The minimum absolute atomic E-state index is 0.0718. The predicted molar refractivity (Wildman–Crippen MR) is 87.4 cm³/mol. The molecule has 0 saturated heterocycles. The van der Waals surface area contributed by atoms with Crippen LogP contribution in [0.4, 0.5) is 0 Å². The summed E-state index contributed by atoms with van der Waals surface area (Å²) in [7, 11) is 0. The van der Waals surface area contributed by atoms with Crippen LogP contribution in [0.2, 0.25) is 5.02 Å². The van der Waals surface area contributed by atoms with E-state index in [1.165, 1.54) is 5.56 Å². The Labute approximate surface area is 132 Å². The van der Waals surface area contributed by atoms with Crippen LogP contribution in [0.3, 0.4) is 0 Å². The van der Waals surface area contributed by atoms with Crippen molar-refractivity contribution in [2.75, 3.05) is 13.1 Å². The van der Waals surface area contributed by atoms with Gasteiger partial charge in [0.15, 0.2) is 0 Å². The highest BCUT2D eigenvalue weighted by Gasteiger charge is 2.45. The number of hydrogen-bond acceptors (Lipinski definition) is 2. The fourth-order valence-corrected chi connectivity index (χ4v) is 3.12. The SMILES string of the molecule is CCC(CC)(CN)C(=O)NCC1(c2cccc(Cl)c2)CC1. The molecular formula is C17H25ClN2O. The highest BCUT2D eigenvalue weighted by atomic mass is 35.5. The van der Waals surface area contributed by atoms with Gasteiger partial charge in [0.25, 0.3) is 0 Å². The van der Waals surface area contributed by atoms with Crippen molar-refractivity contribution in [3.8, 4) is 0 Å². The van der Waals surface area contributed by atoms with E-state index in [1.807, 2.05) is 32.0 Å². The van der Waals surface area contributed by atoms with Crippen LogP contribution in [-0.4, -0.2) is 19.0 Å². The lowest BCUT2D eigenvalue weighted by Gasteiger charge is -2.29. The molecule has 116 valence electrons. The van der Waals surface area contributed by atoms with Crippen LogP contribution in [-0.2, 0) is 10.2 Å². The van der Waals surface area contributed by atoms with Gasteiger partial charge in [-0.15, -0.1) is 0 Å². The van der Waals surface area contributed by atoms with Crippen LogP contribution in [0.15, 0.2) is 24.3 Å². The summed E-state index contributed by atoms with van der Waals surface area (Å²) in [6.45, 7) is 5.13. The Bertz CT molecular complexity index is 499. The van der Waals surface area contributed by atoms with Gasteiger partial charge in [0.2, 0.25) is 5.91 Å². The molecular weight excluding hydrogens is 284 g/mol. The highest BCUT2D eigenvalue weighted by Crippen LogP contribution is 2.48. The number of nitrogens with one attached hydrogen (secondary N) is 1. The van der Waals surface area contributed by atoms with Crippen LogP contribution >= 0.6 is 11.6 Å². The van der Waals surface area contributed by atoms with E-state index in [2.05, 4.69) is 11.4 Å². The van der Waals surface area contributed by atoms with Crippen molar-refractivity contribution in [3.05, 3.63) is 34.9 Å². The minimum atomic E-state index is -0.426. The first-order chi connectivity index (χ1) is 10.0. The molecule has 2 rings (SSSR count). The van der Waals surface area contributed by atoms with Crippen molar-refractivity contribution in [3.63, 3.8) is 0 Å². The molecule has 1 aromatic carbocycles. The van der Waals surface area contributed by atoms with E-state index in [0.717, 1.165) is 30.7 Å². The molecule has 0 unspecified atom stereocenters. The number of rotatable bonds is 7. The average Bonchev–Trinajstić information content (AvgIpc) is 3.29. The van der Waals surface area contributed by atoms with E-state index >= 15 is 0 Å². The lowest BCUT2D eigenvalue weighted by Crippen LogP contribution is -2.47. The Morgan fingerprint density at radius 3 is 2.52 bits per heavy atom. The molecule has 1 saturated carbocycles. The van der Waals surface area contributed by atoms with Crippen LogP contribution in [0.25, 0.3) is 0 Å². The summed E-state index contributed by atoms with van der Waals surface area (Å²) in [5.74, 6) is 0.0864. The predicted octanol–water partition coefficient (Wildman–Crippen LogP) is 3.25. The van der Waals surface area contributed by atoms with E-state index < -0.39 is 5.41 Å². The van der Waals surface area contributed by atoms with Crippen LogP contribution in [0.1, 0.15) is 45.1 Å². The van der Waals surface area contributed by atoms with Gasteiger partial charge in [-0.1, -0.05) is 37.6 Å². The highest BCUT2D eigenvalue weighted by molar-refractivity contribution is 6.30. The largest absolute Gasteiger partial charge is 0.355 e. The monoisotopic (exact) mass is 308 g/mol. The second kappa shape index (κ2) is 6.37. The van der Waals surface area contributed by atoms with Crippen LogP contribution < -0.4 is 11.1 Å². The topological polar surface area (TPSA) is 55.1 Å². The maximum absolute atomic E-state index is 12.5. The second-order valence-corrected chi connectivity index (χ2v) is 6.60. The third kappa shape index (κ3) is 3.24. The maximum atomic E-state index is 12.5. The van der Waals surface area contributed by atoms with Gasteiger partial charge in [-0.2, -0.15) is 0 Å². The van der Waals surface area contributed by atoms with Gasteiger partial charge in [-0.05, 0) is 43.4 Å². The van der Waals surface area contributed by atoms with Crippen molar-refractivity contribution in [1.29, 1.82) is 0 Å². The molecule has 0 atom stereocenters. The molecule has 0 spiro atoms. The summed E-state index contributed by atoms with van der Waals surface area (Å²) >= 11 is 6.08. The Balaban J connectivity index is 2.04. The van der Waals surface area contributed by atoms with E-state index in [1.54, 1.807) is 0 Å². The lowest BCUT2D eigenvalue weighted by atomic mass is 9.81. The molecule has 1 amide bonds. The van der Waals surface area contributed by atoms with Gasteiger partial charge in [-0.3, -0.25) is 4.79 Å². The standard InChI is InChI=1S/C17H25ClN2O/c1-3-16(4-2,11-19)15(21)20-12-17(8-9-17)13-6-5-7-14(18)10-13/h5-7,10H,3-4,8-9,11-12,19H2,1-2H3,(H,20,21). The van der Waals surface area contributed by atoms with Gasteiger partial charge in [-0.25, -0.2) is 0 Å². The van der Waals surface area contributed by atoms with Gasteiger partial charge < -0.3 is 11.1 Å². The van der Waals surface area contributed by atoms with Gasteiger partial charge >= 0.3 is 0 Å². The molecule has 0 radical (unpaired) electrons. The van der Waals surface area contributed by atoms with E-state index in [9.17, 15) is 4.79 Å². The molecule has 1 aromatic rings. The summed E-state index contributed by atoms with van der Waals surface area (Å²) in [5, 5.41) is 3.89. The molecule has 1 aliphatic carbocycles. The molecule has 3 N–H and O–H groups in total. The molecule has 0 heterocycles. The Hall–Kier alpha value is -1.06. The number of nitrogens with two attached hydrogens (primary N) is 1. The molecule has 0 bridgehead atoms. The number of amides is 1. The normalized spacial score (nSPS) is 16.6. The smallest absolute Gasteiger partial charge is 0.227 e. The Morgan fingerprint density at radius 2 is 2.05 bits per heavy atom. The van der Waals surface area contributed by atoms with Crippen molar-refractivity contribution in [2.45, 2.75) is 44.9 Å². The number of carbonyl (C=O) groups is 1. The Morgan fingerprint density at radius 1 is 1.38 bits per heavy atom. The van der Waals surface area contributed by atoms with Crippen molar-refractivity contribution < 1.29 is 4.79 Å². The molecule has 0 aliphatic heterocycles. The number of halogens is 1. The quantitative estimate of drug-likeness (QED) is 0.812. The molecule has 3 nitrogen and oxygen atoms in total. The van der Waals surface area contributed by atoms with Crippen LogP contribution in [0.5, 0.6) is 0 Å².